The van der Waals surface area contributed by atoms with Crippen LogP contribution < -0.4 is 0 Å². The Hall–Kier alpha value is -3.29. The van der Waals surface area contributed by atoms with Crippen LogP contribution in [-0.2, 0) is 4.74 Å². The van der Waals surface area contributed by atoms with E-state index in [0.29, 0.717) is 6.42 Å². The summed E-state index contributed by atoms with van der Waals surface area (Å²) in [5.41, 5.74) is -0.288. The molecule has 0 amide bonds. The lowest BCUT2D eigenvalue weighted by Crippen LogP contribution is -2.22. The minimum absolute atomic E-state index is 0.0613. The van der Waals surface area contributed by atoms with Gasteiger partial charge in [0.05, 0.1) is 21.5 Å². The summed E-state index contributed by atoms with van der Waals surface area (Å²) < 4.78 is 5.43. The van der Waals surface area contributed by atoms with Crippen LogP contribution in [0, 0.1) is 20.2 Å². The number of carbonyl (C=O) groups excluding carboxylic acids is 1. The summed E-state index contributed by atoms with van der Waals surface area (Å²) in [5, 5.41) is 21.9. The van der Waals surface area contributed by atoms with E-state index in [1.165, 1.54) is 0 Å². The second-order valence-corrected chi connectivity index (χ2v) is 5.79. The third-order valence-electron chi connectivity index (χ3n) is 4.09. The van der Waals surface area contributed by atoms with E-state index in [1.54, 1.807) is 6.92 Å². The van der Waals surface area contributed by atoms with Crippen LogP contribution in [0.1, 0.15) is 42.1 Å². The van der Waals surface area contributed by atoms with Gasteiger partial charge in [-0.25, -0.2) is 4.79 Å². The lowest BCUT2D eigenvalue weighted by molar-refractivity contribution is -0.394. The molecule has 8 heteroatoms. The molecule has 0 aliphatic carbocycles. The van der Waals surface area contributed by atoms with Gasteiger partial charge in [-0.1, -0.05) is 37.3 Å². The average molecular weight is 358 g/mol. The van der Waals surface area contributed by atoms with Crippen LogP contribution in [0.5, 0.6) is 0 Å². The molecule has 8 nitrogen and oxygen atoms in total. The van der Waals surface area contributed by atoms with E-state index in [2.05, 4.69) is 0 Å². The fraction of sp³-hybridized carbons (Fsp3) is 0.278. The van der Waals surface area contributed by atoms with Crippen molar-refractivity contribution in [3.05, 3.63) is 79.9 Å². The van der Waals surface area contributed by atoms with E-state index >= 15 is 0 Å². The highest BCUT2D eigenvalue weighted by Gasteiger charge is 2.25. The van der Waals surface area contributed by atoms with Gasteiger partial charge in [0.1, 0.15) is 6.10 Å². The first kappa shape index (κ1) is 19.0. The van der Waals surface area contributed by atoms with Gasteiger partial charge in [0, 0.05) is 18.1 Å². The second kappa shape index (κ2) is 8.19. The highest BCUT2D eigenvalue weighted by molar-refractivity contribution is 5.91. The zero-order valence-electron chi connectivity index (χ0n) is 14.3. The van der Waals surface area contributed by atoms with E-state index < -0.39 is 33.3 Å². The zero-order valence-corrected chi connectivity index (χ0v) is 14.3. The molecule has 0 heterocycles. The van der Waals surface area contributed by atoms with Crippen molar-refractivity contribution in [1.29, 1.82) is 0 Å². The third kappa shape index (κ3) is 4.41. The second-order valence-electron chi connectivity index (χ2n) is 5.79. The molecule has 2 aromatic rings. The number of nitro benzene ring substituents is 2. The smallest absolute Gasteiger partial charge is 0.338 e. The maximum Gasteiger partial charge on any atom is 0.338 e. The Morgan fingerprint density at radius 1 is 1.04 bits per heavy atom. The van der Waals surface area contributed by atoms with Crippen molar-refractivity contribution in [2.75, 3.05) is 0 Å². The van der Waals surface area contributed by atoms with Crippen LogP contribution in [0.3, 0.4) is 0 Å². The van der Waals surface area contributed by atoms with E-state index in [1.807, 2.05) is 37.3 Å². The Labute approximate surface area is 149 Å². The molecule has 0 saturated carbocycles. The summed E-state index contributed by atoms with van der Waals surface area (Å²) in [7, 11) is 0. The van der Waals surface area contributed by atoms with E-state index in [4.69, 9.17) is 4.74 Å². The summed E-state index contributed by atoms with van der Waals surface area (Å²) in [6.07, 6.45) is 0.210. The predicted octanol–water partition coefficient (Wildman–Crippen LogP) is 4.24. The number of benzene rings is 2. The standard InChI is InChI=1S/C18H18N2O6/c1-3-17(13-7-5-4-6-8-13)12(2)26-18(21)14-9-15(19(22)23)11-16(10-14)20(24)25/h4-12,17H,3H2,1-2H3/t12-,17+/m1/s1. The molecule has 0 aliphatic rings. The van der Waals surface area contributed by atoms with Crippen molar-refractivity contribution >= 4 is 17.3 Å². The van der Waals surface area contributed by atoms with Gasteiger partial charge in [-0.05, 0) is 18.9 Å². The van der Waals surface area contributed by atoms with Crippen molar-refractivity contribution in [1.82, 2.24) is 0 Å². The Kier molecular flexibility index (Phi) is 6.00. The molecule has 0 aromatic heterocycles. The maximum absolute atomic E-state index is 12.4. The number of non-ortho nitro benzene ring substituents is 2. The fourth-order valence-electron chi connectivity index (χ4n) is 2.78. The normalized spacial score (nSPS) is 12.8. The average Bonchev–Trinajstić information content (AvgIpc) is 2.62. The van der Waals surface area contributed by atoms with Gasteiger partial charge in [-0.15, -0.1) is 0 Å². The molecular formula is C18H18N2O6. The number of ether oxygens (including phenoxy) is 1. The lowest BCUT2D eigenvalue weighted by Gasteiger charge is -2.23. The Morgan fingerprint density at radius 2 is 1.58 bits per heavy atom. The fourth-order valence-corrected chi connectivity index (χ4v) is 2.78. The number of hydrogen-bond donors (Lipinski definition) is 0. The van der Waals surface area contributed by atoms with Crippen LogP contribution in [0.2, 0.25) is 0 Å². The molecule has 0 N–H and O–H groups in total. The quantitative estimate of drug-likeness (QED) is 0.415. The van der Waals surface area contributed by atoms with Crippen LogP contribution in [0.4, 0.5) is 11.4 Å². The molecule has 2 aromatic carbocycles. The topological polar surface area (TPSA) is 113 Å². The number of rotatable bonds is 7. The summed E-state index contributed by atoms with van der Waals surface area (Å²) >= 11 is 0. The highest BCUT2D eigenvalue weighted by atomic mass is 16.6. The van der Waals surface area contributed by atoms with Crippen LogP contribution in [0.25, 0.3) is 0 Å². The first-order valence-corrected chi connectivity index (χ1v) is 8.03. The Morgan fingerprint density at radius 3 is 2.04 bits per heavy atom. The molecule has 0 bridgehead atoms. The van der Waals surface area contributed by atoms with Gasteiger partial charge in [0.15, 0.2) is 0 Å². The molecule has 0 radical (unpaired) electrons. The summed E-state index contributed by atoms with van der Waals surface area (Å²) in [6, 6.07) is 12.3. The van der Waals surface area contributed by atoms with E-state index in [0.717, 1.165) is 23.8 Å². The predicted molar refractivity (Wildman–Crippen MR) is 94.1 cm³/mol. The minimum atomic E-state index is -0.835. The summed E-state index contributed by atoms with van der Waals surface area (Å²) in [6.45, 7) is 3.69. The van der Waals surface area contributed by atoms with Gasteiger partial charge < -0.3 is 4.74 Å². The number of hydrogen-bond acceptors (Lipinski definition) is 6. The van der Waals surface area contributed by atoms with Gasteiger partial charge in [0.25, 0.3) is 11.4 Å². The largest absolute Gasteiger partial charge is 0.458 e. The first-order valence-electron chi connectivity index (χ1n) is 8.03. The molecule has 2 atom stereocenters. The van der Waals surface area contributed by atoms with Gasteiger partial charge in [-0.2, -0.15) is 0 Å². The van der Waals surface area contributed by atoms with Crippen LogP contribution in [0.15, 0.2) is 48.5 Å². The summed E-state index contributed by atoms with van der Waals surface area (Å²) in [5.74, 6) is -0.896. The lowest BCUT2D eigenvalue weighted by atomic mass is 9.92. The van der Waals surface area contributed by atoms with E-state index in [-0.39, 0.29) is 11.5 Å². The number of esters is 1. The van der Waals surface area contributed by atoms with Gasteiger partial charge >= 0.3 is 5.97 Å². The van der Waals surface area contributed by atoms with Crippen LogP contribution >= 0.6 is 0 Å². The van der Waals surface area contributed by atoms with Gasteiger partial charge in [-0.3, -0.25) is 20.2 Å². The van der Waals surface area contributed by atoms with Crippen molar-refractivity contribution in [2.24, 2.45) is 0 Å². The molecule has 0 unspecified atom stereocenters. The number of nitrogens with zero attached hydrogens (tertiary/aromatic N) is 2. The summed E-state index contributed by atoms with van der Waals surface area (Å²) in [4.78, 5) is 32.7. The Balaban J connectivity index is 2.25. The monoisotopic (exact) mass is 358 g/mol. The minimum Gasteiger partial charge on any atom is -0.458 e. The molecule has 0 aliphatic heterocycles. The van der Waals surface area contributed by atoms with Crippen molar-refractivity contribution in [3.63, 3.8) is 0 Å². The molecule has 0 spiro atoms. The first-order chi connectivity index (χ1) is 12.3. The molecule has 2 rings (SSSR count). The molecule has 136 valence electrons. The number of carbonyl (C=O) groups is 1. The molecule has 0 fully saturated rings. The highest BCUT2D eigenvalue weighted by Crippen LogP contribution is 2.27. The SMILES string of the molecule is CC[C@H](c1ccccc1)[C@@H](C)OC(=O)c1cc([N+](=O)[O-])cc([N+](=O)[O-])c1. The molecule has 0 saturated heterocycles. The van der Waals surface area contributed by atoms with Gasteiger partial charge in [0.2, 0.25) is 0 Å². The Bertz CT molecular complexity index is 789. The zero-order chi connectivity index (χ0) is 19.3. The van der Waals surface area contributed by atoms with Crippen LogP contribution in [-0.4, -0.2) is 21.9 Å². The molecule has 26 heavy (non-hydrogen) atoms. The third-order valence-corrected chi connectivity index (χ3v) is 4.09. The number of nitro groups is 2. The van der Waals surface area contributed by atoms with Crippen molar-refractivity contribution < 1.29 is 19.4 Å². The van der Waals surface area contributed by atoms with Crippen molar-refractivity contribution in [3.8, 4) is 0 Å². The maximum atomic E-state index is 12.4. The molecular weight excluding hydrogens is 340 g/mol. The van der Waals surface area contributed by atoms with Crippen molar-refractivity contribution in [2.45, 2.75) is 32.3 Å². The van der Waals surface area contributed by atoms with E-state index in [9.17, 15) is 25.0 Å².